The number of sulfonamides is 1. The van der Waals surface area contributed by atoms with Crippen molar-refractivity contribution in [2.24, 2.45) is 0 Å². The third kappa shape index (κ3) is 4.12. The predicted octanol–water partition coefficient (Wildman–Crippen LogP) is 4.04. The maximum Gasteiger partial charge on any atom is 0.261 e. The summed E-state index contributed by atoms with van der Waals surface area (Å²) >= 11 is 0. The molecule has 3 aromatic rings. The summed E-state index contributed by atoms with van der Waals surface area (Å²) in [5, 5.41) is 2.76. The van der Waals surface area contributed by atoms with E-state index in [0.717, 1.165) is 36.4 Å². The Morgan fingerprint density at radius 2 is 1.50 bits per heavy atom. The highest BCUT2D eigenvalue weighted by Crippen LogP contribution is 2.20. The van der Waals surface area contributed by atoms with Gasteiger partial charge >= 0.3 is 0 Å². The van der Waals surface area contributed by atoms with Crippen molar-refractivity contribution in [3.63, 3.8) is 0 Å². The second-order valence-electron chi connectivity index (χ2n) is 5.25. The van der Waals surface area contributed by atoms with Gasteiger partial charge in [-0.05, 0) is 48.5 Å². The fourth-order valence-corrected chi connectivity index (χ4v) is 3.12. The number of nitrogens with zero attached hydrogens (tertiary/aromatic N) is 1. The summed E-state index contributed by atoms with van der Waals surface area (Å²) in [4.78, 5) is 3.91. The number of halogens is 3. The van der Waals surface area contributed by atoms with Gasteiger partial charge in [0.25, 0.3) is 10.0 Å². The van der Waals surface area contributed by atoms with Crippen LogP contribution in [0.15, 0.2) is 65.7 Å². The highest BCUT2D eigenvalue weighted by Gasteiger charge is 2.14. The Morgan fingerprint density at radius 3 is 2.12 bits per heavy atom. The van der Waals surface area contributed by atoms with E-state index in [0.29, 0.717) is 5.82 Å². The van der Waals surface area contributed by atoms with Gasteiger partial charge in [0.2, 0.25) is 0 Å². The average molecular weight is 379 g/mol. The van der Waals surface area contributed by atoms with E-state index in [9.17, 15) is 21.6 Å². The normalized spacial score (nSPS) is 11.2. The van der Waals surface area contributed by atoms with Crippen molar-refractivity contribution in [1.82, 2.24) is 4.98 Å². The van der Waals surface area contributed by atoms with Crippen LogP contribution < -0.4 is 10.0 Å². The fraction of sp³-hybridized carbons (Fsp3) is 0. The molecule has 0 aliphatic rings. The zero-order chi connectivity index (χ0) is 18.7. The number of nitrogens with one attached hydrogen (secondary N) is 2. The minimum Gasteiger partial charge on any atom is -0.340 e. The van der Waals surface area contributed by atoms with Gasteiger partial charge in [0.15, 0.2) is 11.6 Å². The summed E-state index contributed by atoms with van der Waals surface area (Å²) in [6.45, 7) is 0. The van der Waals surface area contributed by atoms with Crippen molar-refractivity contribution < 1.29 is 21.6 Å². The first-order valence-corrected chi connectivity index (χ1v) is 8.78. The molecule has 3 rings (SSSR count). The predicted molar refractivity (Wildman–Crippen MR) is 91.1 cm³/mol. The molecule has 0 aliphatic carbocycles. The highest BCUT2D eigenvalue weighted by molar-refractivity contribution is 7.92. The van der Waals surface area contributed by atoms with Crippen molar-refractivity contribution in [3.8, 4) is 0 Å². The standard InChI is InChI=1S/C17H12F3N3O2S/c18-11-1-5-14(6-2-11)26(24,25)23-13-4-8-17(21-10-13)22-12-3-7-15(19)16(20)9-12/h1-10,23H,(H,21,22). The third-order valence-electron chi connectivity index (χ3n) is 3.33. The molecule has 0 fully saturated rings. The number of benzene rings is 2. The van der Waals surface area contributed by atoms with Crippen LogP contribution in [0.1, 0.15) is 0 Å². The van der Waals surface area contributed by atoms with Crippen LogP contribution in [0.3, 0.4) is 0 Å². The van der Waals surface area contributed by atoms with Gasteiger partial charge in [-0.15, -0.1) is 0 Å². The lowest BCUT2D eigenvalue weighted by molar-refractivity contribution is 0.509. The van der Waals surface area contributed by atoms with Crippen LogP contribution in [-0.4, -0.2) is 13.4 Å². The highest BCUT2D eigenvalue weighted by atomic mass is 32.2. The number of pyridine rings is 1. The summed E-state index contributed by atoms with van der Waals surface area (Å²) in [6, 6.07) is 10.6. The lowest BCUT2D eigenvalue weighted by Gasteiger charge is -2.09. The van der Waals surface area contributed by atoms with Crippen LogP contribution in [0.25, 0.3) is 0 Å². The summed E-state index contributed by atoms with van der Waals surface area (Å²) in [5.41, 5.74) is 0.473. The molecule has 26 heavy (non-hydrogen) atoms. The minimum atomic E-state index is -3.88. The topological polar surface area (TPSA) is 71.1 Å². The molecule has 2 N–H and O–H groups in total. The molecule has 0 saturated heterocycles. The van der Waals surface area contributed by atoms with Crippen molar-refractivity contribution >= 4 is 27.2 Å². The molecule has 1 heterocycles. The maximum atomic E-state index is 13.2. The summed E-state index contributed by atoms with van der Waals surface area (Å²) in [7, 11) is -3.88. The largest absolute Gasteiger partial charge is 0.340 e. The van der Waals surface area contributed by atoms with E-state index < -0.39 is 27.5 Å². The van der Waals surface area contributed by atoms with Crippen LogP contribution in [-0.2, 0) is 10.0 Å². The Morgan fingerprint density at radius 1 is 0.808 bits per heavy atom. The SMILES string of the molecule is O=S(=O)(Nc1ccc(Nc2ccc(F)c(F)c2)nc1)c1ccc(F)cc1. The number of rotatable bonds is 5. The molecule has 0 unspecified atom stereocenters. The number of hydrogen-bond acceptors (Lipinski definition) is 4. The Bertz CT molecular complexity index is 1020. The van der Waals surface area contributed by atoms with Gasteiger partial charge in [0.1, 0.15) is 11.6 Å². The van der Waals surface area contributed by atoms with Gasteiger partial charge in [-0.1, -0.05) is 0 Å². The van der Waals surface area contributed by atoms with Crippen molar-refractivity contribution in [2.75, 3.05) is 10.0 Å². The molecule has 0 spiro atoms. The molecule has 9 heteroatoms. The molecule has 2 aromatic carbocycles. The Balaban J connectivity index is 1.73. The summed E-state index contributed by atoms with van der Waals surface area (Å²) in [5.74, 6) is -2.20. The molecule has 0 atom stereocenters. The molecule has 1 aromatic heterocycles. The van der Waals surface area contributed by atoms with Crippen LogP contribution in [0.4, 0.5) is 30.4 Å². The second-order valence-corrected chi connectivity index (χ2v) is 6.93. The van der Waals surface area contributed by atoms with E-state index in [2.05, 4.69) is 15.0 Å². The molecule has 134 valence electrons. The van der Waals surface area contributed by atoms with E-state index in [1.165, 1.54) is 24.4 Å². The summed E-state index contributed by atoms with van der Waals surface area (Å²) < 4.78 is 65.7. The number of anilines is 3. The first-order chi connectivity index (χ1) is 12.3. The lowest BCUT2D eigenvalue weighted by atomic mass is 10.3. The smallest absolute Gasteiger partial charge is 0.261 e. The van der Waals surface area contributed by atoms with E-state index in [4.69, 9.17) is 0 Å². The first kappa shape index (κ1) is 17.7. The Hall–Kier alpha value is -3.07. The fourth-order valence-electron chi connectivity index (χ4n) is 2.08. The van der Waals surface area contributed by atoms with Crippen LogP contribution in [0, 0.1) is 17.5 Å². The number of aromatic nitrogens is 1. The van der Waals surface area contributed by atoms with Gasteiger partial charge in [-0.2, -0.15) is 0 Å². The van der Waals surface area contributed by atoms with E-state index in [-0.39, 0.29) is 16.3 Å². The van der Waals surface area contributed by atoms with Gasteiger partial charge in [-0.25, -0.2) is 26.6 Å². The van der Waals surface area contributed by atoms with E-state index in [1.54, 1.807) is 0 Å². The first-order valence-electron chi connectivity index (χ1n) is 7.30. The Kier molecular flexibility index (Phi) is 4.81. The molecule has 5 nitrogen and oxygen atoms in total. The second kappa shape index (κ2) is 7.04. The van der Waals surface area contributed by atoms with Crippen LogP contribution in [0.5, 0.6) is 0 Å². The van der Waals surface area contributed by atoms with Crippen LogP contribution >= 0.6 is 0 Å². The molecule has 0 amide bonds. The molecule has 0 aliphatic heterocycles. The monoisotopic (exact) mass is 379 g/mol. The van der Waals surface area contributed by atoms with E-state index in [1.807, 2.05) is 0 Å². The van der Waals surface area contributed by atoms with Gasteiger partial charge in [0, 0.05) is 11.8 Å². The minimum absolute atomic E-state index is 0.0945. The summed E-state index contributed by atoms with van der Waals surface area (Å²) in [6.07, 6.45) is 1.25. The molecular formula is C17H12F3N3O2S. The van der Waals surface area contributed by atoms with Crippen LogP contribution in [0.2, 0.25) is 0 Å². The van der Waals surface area contributed by atoms with Crippen molar-refractivity contribution in [2.45, 2.75) is 4.90 Å². The van der Waals surface area contributed by atoms with Gasteiger partial charge in [0.05, 0.1) is 16.8 Å². The third-order valence-corrected chi connectivity index (χ3v) is 4.73. The molecule has 0 radical (unpaired) electrons. The number of hydrogen-bond donors (Lipinski definition) is 2. The Labute approximate surface area is 147 Å². The molecular weight excluding hydrogens is 367 g/mol. The molecule has 0 saturated carbocycles. The van der Waals surface area contributed by atoms with Gasteiger partial charge < -0.3 is 5.32 Å². The van der Waals surface area contributed by atoms with Crippen molar-refractivity contribution in [1.29, 1.82) is 0 Å². The van der Waals surface area contributed by atoms with E-state index >= 15 is 0 Å². The zero-order valence-corrected chi connectivity index (χ0v) is 13.9. The lowest BCUT2D eigenvalue weighted by Crippen LogP contribution is -2.13. The van der Waals surface area contributed by atoms with Crippen molar-refractivity contribution in [3.05, 3.63) is 78.2 Å². The zero-order valence-electron chi connectivity index (χ0n) is 13.1. The maximum absolute atomic E-state index is 13.2. The van der Waals surface area contributed by atoms with Gasteiger partial charge in [-0.3, -0.25) is 4.72 Å². The molecule has 0 bridgehead atoms. The average Bonchev–Trinajstić information content (AvgIpc) is 2.60. The quantitative estimate of drug-likeness (QED) is 0.702.